The van der Waals surface area contributed by atoms with Gasteiger partial charge in [-0.2, -0.15) is 0 Å². The third kappa shape index (κ3) is 4.93. The van der Waals surface area contributed by atoms with Gasteiger partial charge >= 0.3 is 0 Å². The monoisotopic (exact) mass is 437 g/mol. The van der Waals surface area contributed by atoms with E-state index in [0.717, 1.165) is 5.69 Å². The van der Waals surface area contributed by atoms with Gasteiger partial charge in [0.25, 0.3) is 5.56 Å². The number of aromatic amines is 1. The maximum Gasteiger partial charge on any atom is 0.273 e. The molecule has 1 fully saturated rings. The molecular weight excluding hydrogens is 413 g/mol. The molecule has 4 rings (SSSR count). The van der Waals surface area contributed by atoms with Crippen LogP contribution in [0, 0.1) is 5.82 Å². The summed E-state index contributed by atoms with van der Waals surface area (Å²) in [5.74, 6) is 0.708. The van der Waals surface area contributed by atoms with E-state index in [0.29, 0.717) is 43.3 Å². The molecule has 0 atom stereocenters. The Hall–Kier alpha value is -3.75. The number of methoxy groups -OCH3 is 1. The minimum absolute atomic E-state index is 0.0261. The SMILES string of the molecule is COc1cccc(-c2nnc(CCC(=O)N3CCN(c4ccc(F)cc4)CC3)c(=O)[nH]2)c1. The zero-order valence-corrected chi connectivity index (χ0v) is 17.8. The van der Waals surface area contributed by atoms with Crippen LogP contribution < -0.4 is 15.2 Å². The molecule has 8 nitrogen and oxygen atoms in total. The minimum atomic E-state index is -0.355. The molecule has 2 aromatic carbocycles. The smallest absolute Gasteiger partial charge is 0.273 e. The van der Waals surface area contributed by atoms with Gasteiger partial charge in [0.05, 0.1) is 7.11 Å². The van der Waals surface area contributed by atoms with Gasteiger partial charge in [-0.1, -0.05) is 12.1 Å². The van der Waals surface area contributed by atoms with Crippen molar-refractivity contribution in [2.75, 3.05) is 38.2 Å². The van der Waals surface area contributed by atoms with Crippen LogP contribution in [0.4, 0.5) is 10.1 Å². The lowest BCUT2D eigenvalue weighted by atomic mass is 10.2. The number of carbonyl (C=O) groups excluding carboxylic acids is 1. The molecule has 0 radical (unpaired) electrons. The Morgan fingerprint density at radius 3 is 2.53 bits per heavy atom. The number of rotatable bonds is 6. The van der Waals surface area contributed by atoms with Gasteiger partial charge in [0.15, 0.2) is 5.82 Å². The van der Waals surface area contributed by atoms with Gasteiger partial charge < -0.3 is 19.5 Å². The maximum atomic E-state index is 13.1. The first-order chi connectivity index (χ1) is 15.5. The van der Waals surface area contributed by atoms with Gasteiger partial charge in [-0.15, -0.1) is 10.2 Å². The first-order valence-electron chi connectivity index (χ1n) is 10.4. The molecule has 32 heavy (non-hydrogen) atoms. The zero-order chi connectivity index (χ0) is 22.5. The second kappa shape index (κ2) is 9.59. The highest BCUT2D eigenvalue weighted by molar-refractivity contribution is 5.76. The molecule has 1 aliphatic heterocycles. The van der Waals surface area contributed by atoms with Crippen LogP contribution in [0.3, 0.4) is 0 Å². The van der Waals surface area contributed by atoms with E-state index in [-0.39, 0.29) is 35.8 Å². The van der Waals surface area contributed by atoms with Gasteiger partial charge in [0.1, 0.15) is 17.3 Å². The van der Waals surface area contributed by atoms with Crippen LogP contribution in [0.25, 0.3) is 11.4 Å². The fourth-order valence-corrected chi connectivity index (χ4v) is 3.67. The molecule has 1 N–H and O–H groups in total. The fraction of sp³-hybridized carbons (Fsp3) is 0.304. The summed E-state index contributed by atoms with van der Waals surface area (Å²) in [4.78, 5) is 31.7. The number of piperazine rings is 1. The van der Waals surface area contributed by atoms with Crippen LogP contribution >= 0.6 is 0 Å². The van der Waals surface area contributed by atoms with Crippen LogP contribution in [-0.2, 0) is 11.2 Å². The summed E-state index contributed by atoms with van der Waals surface area (Å²) in [6, 6.07) is 13.5. The number of carbonyl (C=O) groups is 1. The number of ether oxygens (including phenoxy) is 1. The molecule has 1 aromatic heterocycles. The number of H-pyrrole nitrogens is 1. The van der Waals surface area contributed by atoms with Gasteiger partial charge in [0, 0.05) is 50.3 Å². The van der Waals surface area contributed by atoms with E-state index in [2.05, 4.69) is 20.1 Å². The highest BCUT2D eigenvalue weighted by Gasteiger charge is 2.21. The topological polar surface area (TPSA) is 91.4 Å². The Morgan fingerprint density at radius 2 is 1.84 bits per heavy atom. The van der Waals surface area contributed by atoms with Gasteiger partial charge in [-0.25, -0.2) is 4.39 Å². The first-order valence-corrected chi connectivity index (χ1v) is 10.4. The third-order valence-corrected chi connectivity index (χ3v) is 5.51. The Bertz CT molecular complexity index is 1140. The average molecular weight is 437 g/mol. The van der Waals surface area contributed by atoms with Crippen molar-refractivity contribution in [2.24, 2.45) is 0 Å². The van der Waals surface area contributed by atoms with Crippen molar-refractivity contribution in [3.05, 3.63) is 70.4 Å². The van der Waals surface area contributed by atoms with Crippen LogP contribution in [-0.4, -0.2) is 59.3 Å². The molecule has 0 saturated carbocycles. The highest BCUT2D eigenvalue weighted by Crippen LogP contribution is 2.20. The standard InChI is InChI=1S/C23H24FN5O3/c1-32-19-4-2-3-16(15-19)22-25-23(31)20(26-27-22)9-10-21(30)29-13-11-28(12-14-29)18-7-5-17(24)6-8-18/h2-8,15H,9-14H2,1H3,(H,25,27,31). The second-order valence-electron chi connectivity index (χ2n) is 7.53. The number of amides is 1. The number of nitrogens with zero attached hydrogens (tertiary/aromatic N) is 4. The fourth-order valence-electron chi connectivity index (χ4n) is 3.67. The molecule has 9 heteroatoms. The molecule has 0 spiro atoms. The molecule has 0 aliphatic carbocycles. The first kappa shape index (κ1) is 21.5. The van der Waals surface area contributed by atoms with Gasteiger partial charge in [-0.05, 0) is 36.4 Å². The molecule has 1 amide bonds. The highest BCUT2D eigenvalue weighted by atomic mass is 19.1. The molecule has 166 valence electrons. The van der Waals surface area contributed by atoms with Crippen molar-refractivity contribution in [1.82, 2.24) is 20.1 Å². The number of hydrogen-bond donors (Lipinski definition) is 1. The number of anilines is 1. The van der Waals surface area contributed by atoms with Crippen molar-refractivity contribution in [2.45, 2.75) is 12.8 Å². The van der Waals surface area contributed by atoms with E-state index in [1.807, 2.05) is 0 Å². The number of halogens is 1. The number of aromatic nitrogens is 3. The molecule has 2 heterocycles. The number of benzene rings is 2. The summed E-state index contributed by atoms with van der Waals surface area (Å²) in [6.07, 6.45) is 0.407. The predicted molar refractivity (Wildman–Crippen MR) is 118 cm³/mol. The van der Waals surface area contributed by atoms with Crippen molar-refractivity contribution in [1.29, 1.82) is 0 Å². The van der Waals surface area contributed by atoms with Gasteiger partial charge in [-0.3, -0.25) is 9.59 Å². The van der Waals surface area contributed by atoms with Gasteiger partial charge in [0.2, 0.25) is 5.91 Å². The van der Waals surface area contributed by atoms with Crippen molar-refractivity contribution >= 4 is 11.6 Å². The Kier molecular flexibility index (Phi) is 6.44. The maximum absolute atomic E-state index is 13.1. The Balaban J connectivity index is 1.32. The minimum Gasteiger partial charge on any atom is -0.497 e. The summed E-state index contributed by atoms with van der Waals surface area (Å²) >= 11 is 0. The third-order valence-electron chi connectivity index (χ3n) is 5.51. The second-order valence-corrected chi connectivity index (χ2v) is 7.53. The number of hydrogen-bond acceptors (Lipinski definition) is 6. The molecule has 0 unspecified atom stereocenters. The lowest BCUT2D eigenvalue weighted by molar-refractivity contribution is -0.131. The van der Waals surface area contributed by atoms with E-state index in [4.69, 9.17) is 4.74 Å². The van der Waals surface area contributed by atoms with Crippen LogP contribution in [0.15, 0.2) is 53.3 Å². The van der Waals surface area contributed by atoms with E-state index in [1.54, 1.807) is 48.4 Å². The lowest BCUT2D eigenvalue weighted by Gasteiger charge is -2.36. The van der Waals surface area contributed by atoms with Crippen molar-refractivity contribution in [3.63, 3.8) is 0 Å². The summed E-state index contributed by atoms with van der Waals surface area (Å²) in [7, 11) is 1.57. The predicted octanol–water partition coefficient (Wildman–Crippen LogP) is 2.26. The number of nitrogens with one attached hydrogen (secondary N) is 1. The molecule has 0 bridgehead atoms. The van der Waals surface area contributed by atoms with Crippen molar-refractivity contribution < 1.29 is 13.9 Å². The number of aryl methyl sites for hydroxylation is 1. The normalized spacial score (nSPS) is 13.8. The average Bonchev–Trinajstić information content (AvgIpc) is 2.83. The van der Waals surface area contributed by atoms with E-state index >= 15 is 0 Å². The Morgan fingerprint density at radius 1 is 1.09 bits per heavy atom. The summed E-state index contributed by atoms with van der Waals surface area (Å²) in [5.41, 5.74) is 1.51. The summed E-state index contributed by atoms with van der Waals surface area (Å²) in [6.45, 7) is 2.50. The van der Waals surface area contributed by atoms with Crippen LogP contribution in [0.1, 0.15) is 12.1 Å². The van der Waals surface area contributed by atoms with Crippen molar-refractivity contribution in [3.8, 4) is 17.1 Å². The van der Waals surface area contributed by atoms with E-state index < -0.39 is 0 Å². The molecule has 1 aliphatic rings. The van der Waals surface area contributed by atoms with E-state index in [9.17, 15) is 14.0 Å². The van der Waals surface area contributed by atoms with Crippen LogP contribution in [0.2, 0.25) is 0 Å². The Labute approximate surface area is 184 Å². The van der Waals surface area contributed by atoms with E-state index in [1.165, 1.54) is 12.1 Å². The van der Waals surface area contributed by atoms with Crippen LogP contribution in [0.5, 0.6) is 5.75 Å². The zero-order valence-electron chi connectivity index (χ0n) is 17.8. The summed E-state index contributed by atoms with van der Waals surface area (Å²) < 4.78 is 18.3. The molecule has 3 aromatic rings. The quantitative estimate of drug-likeness (QED) is 0.636. The largest absolute Gasteiger partial charge is 0.497 e. The molecule has 1 saturated heterocycles. The molecular formula is C23H24FN5O3. The lowest BCUT2D eigenvalue weighted by Crippen LogP contribution is -2.48. The summed E-state index contributed by atoms with van der Waals surface area (Å²) in [5, 5.41) is 8.15.